The zero-order chi connectivity index (χ0) is 17.4. The van der Waals surface area contributed by atoms with Gasteiger partial charge in [-0.1, -0.05) is 63.1 Å². The van der Waals surface area contributed by atoms with Gasteiger partial charge in [-0.25, -0.2) is 0 Å². The van der Waals surface area contributed by atoms with Crippen LogP contribution in [0.5, 0.6) is 0 Å². The summed E-state index contributed by atoms with van der Waals surface area (Å²) in [5, 5.41) is 0. The van der Waals surface area contributed by atoms with Gasteiger partial charge in [0.25, 0.3) is 0 Å². The average Bonchev–Trinajstić information content (AvgIpc) is 2.60. The molecule has 0 saturated carbocycles. The first-order valence-electron chi connectivity index (χ1n) is 8.74. The van der Waals surface area contributed by atoms with Crippen LogP contribution >= 0.6 is 0 Å². The van der Waals surface area contributed by atoms with E-state index in [1.54, 1.807) is 0 Å². The topological polar surface area (TPSA) is 43.4 Å². The van der Waals surface area contributed by atoms with Crippen molar-refractivity contribution in [2.24, 2.45) is 0 Å². The van der Waals surface area contributed by atoms with E-state index in [4.69, 9.17) is 0 Å². The Labute approximate surface area is 148 Å². The molecule has 1 atom stereocenters. The van der Waals surface area contributed by atoms with E-state index in [1.165, 1.54) is 4.31 Å². The van der Waals surface area contributed by atoms with Gasteiger partial charge in [0, 0.05) is 0 Å². The smallest absolute Gasteiger partial charge is 0.0570 e. The van der Waals surface area contributed by atoms with Crippen molar-refractivity contribution < 1.29 is 8.76 Å². The van der Waals surface area contributed by atoms with E-state index < -0.39 is 11.3 Å². The first-order valence-corrected chi connectivity index (χ1v) is 9.77. The molecule has 0 radical (unpaired) electrons. The summed E-state index contributed by atoms with van der Waals surface area (Å²) < 4.78 is 25.6. The maximum atomic E-state index is 12.1. The molecular formula is C20H26NO2S-. The number of nitrogens with zero attached hydrogens (tertiary/aromatic N) is 1. The summed E-state index contributed by atoms with van der Waals surface area (Å²) in [4.78, 5) is 0. The van der Waals surface area contributed by atoms with Crippen molar-refractivity contribution in [3.05, 3.63) is 59.7 Å². The summed E-state index contributed by atoms with van der Waals surface area (Å²) >= 11 is -2.35. The van der Waals surface area contributed by atoms with Crippen LogP contribution in [0, 0.1) is 0 Å². The van der Waals surface area contributed by atoms with Gasteiger partial charge in [0.15, 0.2) is 0 Å². The van der Waals surface area contributed by atoms with Gasteiger partial charge in [-0.05, 0) is 48.9 Å². The van der Waals surface area contributed by atoms with E-state index in [-0.39, 0.29) is 0 Å². The predicted octanol–water partition coefficient (Wildman–Crippen LogP) is 5.30. The van der Waals surface area contributed by atoms with Crippen LogP contribution in [-0.2, 0) is 24.1 Å². The molecule has 0 spiro atoms. The zero-order valence-corrected chi connectivity index (χ0v) is 15.3. The fraction of sp³-hybridized carbons (Fsp3) is 0.400. The van der Waals surface area contributed by atoms with Crippen LogP contribution in [0.1, 0.15) is 50.7 Å². The number of rotatable bonds is 9. The number of benzene rings is 2. The van der Waals surface area contributed by atoms with Crippen molar-refractivity contribution in [3.8, 4) is 0 Å². The molecule has 2 aromatic rings. The Morgan fingerprint density at radius 2 is 1.25 bits per heavy atom. The number of hydrogen-bond donors (Lipinski definition) is 0. The van der Waals surface area contributed by atoms with Gasteiger partial charge in [-0.2, -0.15) is 0 Å². The highest BCUT2D eigenvalue weighted by Gasteiger charge is 2.16. The first-order chi connectivity index (χ1) is 11.7. The molecular weight excluding hydrogens is 318 g/mol. The molecule has 130 valence electrons. The van der Waals surface area contributed by atoms with E-state index >= 15 is 0 Å². The third-order valence-electron chi connectivity index (χ3n) is 4.17. The largest absolute Gasteiger partial charge is 0.755 e. The molecule has 24 heavy (non-hydrogen) atoms. The van der Waals surface area contributed by atoms with Crippen LogP contribution in [0.15, 0.2) is 48.5 Å². The monoisotopic (exact) mass is 344 g/mol. The van der Waals surface area contributed by atoms with Crippen LogP contribution in [0.25, 0.3) is 0 Å². The first kappa shape index (κ1) is 18.7. The van der Waals surface area contributed by atoms with Gasteiger partial charge in [-0.15, -0.1) is 0 Å². The molecule has 0 fully saturated rings. The number of aryl methyl sites for hydroxylation is 2. The lowest BCUT2D eigenvalue weighted by atomic mass is 10.0. The minimum Gasteiger partial charge on any atom is -0.755 e. The lowest BCUT2D eigenvalue weighted by Gasteiger charge is -2.30. The molecule has 0 aliphatic carbocycles. The Kier molecular flexibility index (Phi) is 7.47. The minimum atomic E-state index is -2.35. The third kappa shape index (κ3) is 4.68. The zero-order valence-electron chi connectivity index (χ0n) is 14.5. The summed E-state index contributed by atoms with van der Waals surface area (Å²) in [5.41, 5.74) is 3.69. The van der Waals surface area contributed by atoms with Crippen molar-refractivity contribution in [2.75, 3.05) is 4.31 Å². The van der Waals surface area contributed by atoms with Gasteiger partial charge >= 0.3 is 0 Å². The average molecular weight is 345 g/mol. The summed E-state index contributed by atoms with van der Waals surface area (Å²) in [6.45, 7) is 4.29. The Morgan fingerprint density at radius 3 is 1.62 bits per heavy atom. The summed E-state index contributed by atoms with van der Waals surface area (Å²) in [6, 6.07) is 15.6. The molecule has 0 N–H and O–H groups in total. The number of para-hydroxylation sites is 2. The molecule has 4 heteroatoms. The normalized spacial score (nSPS) is 12.1. The summed E-state index contributed by atoms with van der Waals surface area (Å²) in [6.07, 6.45) is 6.04. The van der Waals surface area contributed by atoms with Gasteiger partial charge in [0.05, 0.1) is 22.6 Å². The highest BCUT2D eigenvalue weighted by atomic mass is 32.2. The van der Waals surface area contributed by atoms with Gasteiger partial charge in [0.2, 0.25) is 0 Å². The minimum absolute atomic E-state index is 0.767. The van der Waals surface area contributed by atoms with Crippen LogP contribution in [0.3, 0.4) is 0 Å². The number of hydrogen-bond acceptors (Lipinski definition) is 2. The fourth-order valence-electron chi connectivity index (χ4n) is 2.87. The molecule has 0 saturated heterocycles. The summed E-state index contributed by atoms with van der Waals surface area (Å²) in [7, 11) is 0. The maximum Gasteiger partial charge on any atom is 0.0570 e. The lowest BCUT2D eigenvalue weighted by molar-refractivity contribution is 0.537. The van der Waals surface area contributed by atoms with E-state index in [0.29, 0.717) is 0 Å². The molecule has 0 amide bonds. The summed E-state index contributed by atoms with van der Waals surface area (Å²) in [5.74, 6) is 0. The molecule has 3 nitrogen and oxygen atoms in total. The van der Waals surface area contributed by atoms with Crippen LogP contribution < -0.4 is 4.31 Å². The molecule has 0 aliphatic heterocycles. The number of unbranched alkanes of at least 4 members (excludes halogenated alkanes) is 2. The highest BCUT2D eigenvalue weighted by Crippen LogP contribution is 2.33. The van der Waals surface area contributed by atoms with Crippen LogP contribution in [0.4, 0.5) is 11.4 Å². The maximum absolute atomic E-state index is 12.1. The van der Waals surface area contributed by atoms with Crippen molar-refractivity contribution >= 4 is 22.6 Å². The predicted molar refractivity (Wildman–Crippen MR) is 101 cm³/mol. The highest BCUT2D eigenvalue weighted by molar-refractivity contribution is 7.81. The SMILES string of the molecule is CCCCc1ccccc1N(c1ccccc1CCCC)S(=O)[O-]. The van der Waals surface area contributed by atoms with E-state index in [0.717, 1.165) is 61.0 Å². The van der Waals surface area contributed by atoms with Crippen LogP contribution in [0.2, 0.25) is 0 Å². The van der Waals surface area contributed by atoms with Crippen molar-refractivity contribution in [3.63, 3.8) is 0 Å². The third-order valence-corrected chi connectivity index (χ3v) is 4.86. The Balaban J connectivity index is 2.46. The molecule has 2 rings (SSSR count). The van der Waals surface area contributed by atoms with Crippen molar-refractivity contribution in [1.82, 2.24) is 0 Å². The second-order valence-electron chi connectivity index (χ2n) is 5.98. The van der Waals surface area contributed by atoms with E-state index in [1.807, 2.05) is 48.5 Å². The molecule has 0 aromatic heterocycles. The molecule has 2 aromatic carbocycles. The second kappa shape index (κ2) is 9.60. The Hall–Kier alpha value is -1.65. The van der Waals surface area contributed by atoms with Gasteiger partial charge < -0.3 is 4.55 Å². The van der Waals surface area contributed by atoms with E-state index in [9.17, 15) is 8.76 Å². The van der Waals surface area contributed by atoms with Gasteiger partial charge in [-0.3, -0.25) is 8.51 Å². The Bertz CT molecular complexity index is 621. The molecule has 0 heterocycles. The van der Waals surface area contributed by atoms with Crippen LogP contribution in [-0.4, -0.2) is 8.76 Å². The van der Waals surface area contributed by atoms with Gasteiger partial charge in [0.1, 0.15) is 0 Å². The Morgan fingerprint density at radius 1 is 0.833 bits per heavy atom. The van der Waals surface area contributed by atoms with Crippen molar-refractivity contribution in [1.29, 1.82) is 0 Å². The molecule has 1 unspecified atom stereocenters. The standard InChI is InChI=1S/C20H27NO2S/c1-3-5-11-17-13-7-9-15-19(17)21(24(22)23)20-16-10-8-14-18(20)12-6-4-2/h7-10,13-16H,3-6,11-12H2,1-2H3,(H,22,23)/p-1. The lowest BCUT2D eigenvalue weighted by Crippen LogP contribution is -2.22. The quantitative estimate of drug-likeness (QED) is 0.579. The molecule has 0 bridgehead atoms. The second-order valence-corrected chi connectivity index (χ2v) is 6.78. The molecule has 0 aliphatic rings. The van der Waals surface area contributed by atoms with E-state index in [2.05, 4.69) is 13.8 Å². The van der Waals surface area contributed by atoms with Crippen molar-refractivity contribution in [2.45, 2.75) is 52.4 Å². The fourth-order valence-corrected chi connectivity index (χ4v) is 3.54. The number of anilines is 2.